The fourth-order valence-electron chi connectivity index (χ4n) is 2.56. The summed E-state index contributed by atoms with van der Waals surface area (Å²) in [4.78, 5) is 24.2. The fraction of sp³-hybridized carbons (Fsp3) is 0.300. The minimum absolute atomic E-state index is 0.185. The molecule has 8 heteroatoms. The van der Waals surface area contributed by atoms with E-state index in [1.165, 1.54) is 6.92 Å². The van der Waals surface area contributed by atoms with E-state index >= 15 is 0 Å². The molecule has 2 aromatic carbocycles. The van der Waals surface area contributed by atoms with Crippen molar-refractivity contribution in [3.63, 3.8) is 0 Å². The van der Waals surface area contributed by atoms with Crippen LogP contribution in [-0.4, -0.2) is 32.8 Å². The van der Waals surface area contributed by atoms with Gasteiger partial charge in [0, 0.05) is 5.56 Å². The first kappa shape index (κ1) is 21.7. The highest BCUT2D eigenvalue weighted by molar-refractivity contribution is 7.89. The molecule has 2 aromatic rings. The van der Waals surface area contributed by atoms with Gasteiger partial charge in [-0.25, -0.2) is 12.8 Å². The van der Waals surface area contributed by atoms with Gasteiger partial charge in [0.05, 0.1) is 4.90 Å². The van der Waals surface area contributed by atoms with Gasteiger partial charge in [-0.3, -0.25) is 9.59 Å². The molecule has 0 radical (unpaired) electrons. The number of Topliss-reactive ketones (excluding diaryl/α,β-unsaturated/α-hetero) is 1. The quantitative estimate of drug-likeness (QED) is 0.563. The number of carbonyl (C=O) groups excluding carboxylic acids is 2. The Morgan fingerprint density at radius 3 is 2.21 bits per heavy atom. The molecule has 0 aliphatic heterocycles. The number of rotatable bonds is 7. The van der Waals surface area contributed by atoms with E-state index in [0.29, 0.717) is 5.56 Å². The first-order valence-electron chi connectivity index (χ1n) is 8.57. The topological polar surface area (TPSA) is 89.5 Å². The zero-order chi connectivity index (χ0) is 21.1. The Bertz CT molecular complexity index is 1000. The average Bonchev–Trinajstić information content (AvgIpc) is 2.62. The molecule has 0 aliphatic carbocycles. The Morgan fingerprint density at radius 1 is 1.04 bits per heavy atom. The third-order valence-electron chi connectivity index (χ3n) is 4.30. The van der Waals surface area contributed by atoms with Crippen molar-refractivity contribution >= 4 is 21.8 Å². The lowest BCUT2D eigenvalue weighted by Crippen LogP contribution is -2.40. The summed E-state index contributed by atoms with van der Waals surface area (Å²) in [5, 5.41) is 0. The highest BCUT2D eigenvalue weighted by Crippen LogP contribution is 2.16. The van der Waals surface area contributed by atoms with E-state index in [4.69, 9.17) is 4.74 Å². The van der Waals surface area contributed by atoms with Gasteiger partial charge >= 0.3 is 5.97 Å². The molecule has 6 nitrogen and oxygen atoms in total. The number of nitrogens with one attached hydrogen (secondary N) is 1. The van der Waals surface area contributed by atoms with Crippen molar-refractivity contribution in [3.8, 4) is 0 Å². The van der Waals surface area contributed by atoms with Crippen LogP contribution in [0.4, 0.5) is 4.39 Å². The van der Waals surface area contributed by atoms with Crippen LogP contribution in [0.1, 0.15) is 34.0 Å². The zero-order valence-electron chi connectivity index (χ0n) is 16.1. The molecule has 1 atom stereocenters. The van der Waals surface area contributed by atoms with Gasteiger partial charge in [-0.2, -0.15) is 4.72 Å². The Morgan fingerprint density at radius 2 is 1.61 bits per heavy atom. The number of hydrogen-bond acceptors (Lipinski definition) is 5. The van der Waals surface area contributed by atoms with Gasteiger partial charge in [0.1, 0.15) is 11.9 Å². The lowest BCUT2D eigenvalue weighted by atomic mass is 9.98. The highest BCUT2D eigenvalue weighted by Gasteiger charge is 2.24. The van der Waals surface area contributed by atoms with Crippen LogP contribution in [0, 0.1) is 26.6 Å². The monoisotopic (exact) mass is 407 g/mol. The molecule has 28 heavy (non-hydrogen) atoms. The van der Waals surface area contributed by atoms with E-state index in [1.54, 1.807) is 13.0 Å². The molecule has 0 saturated carbocycles. The standard InChI is InChI=1S/C20H22FNO5S/c1-12-9-14(3)18(10-13(12)2)19(23)11-27-20(24)15(4)22-28(25,26)17-7-5-16(21)6-8-17/h5-10,15,22H,11H2,1-4H3/t15-/m0/s1. The summed E-state index contributed by atoms with van der Waals surface area (Å²) in [6, 6.07) is 6.57. The Kier molecular flexibility index (Phi) is 6.69. The van der Waals surface area contributed by atoms with E-state index in [2.05, 4.69) is 4.72 Å². The maximum absolute atomic E-state index is 12.9. The van der Waals surface area contributed by atoms with E-state index in [1.807, 2.05) is 19.9 Å². The minimum atomic E-state index is -4.03. The lowest BCUT2D eigenvalue weighted by molar-refractivity contribution is -0.144. The fourth-order valence-corrected chi connectivity index (χ4v) is 3.76. The summed E-state index contributed by atoms with van der Waals surface area (Å²) in [6.45, 7) is 6.41. The molecule has 1 N–H and O–H groups in total. The molecule has 0 amide bonds. The number of ketones is 1. The Balaban J connectivity index is 2.00. The molecule has 0 bridgehead atoms. The Labute approximate surface area is 163 Å². The minimum Gasteiger partial charge on any atom is -0.456 e. The van der Waals surface area contributed by atoms with Gasteiger partial charge in [-0.1, -0.05) is 6.07 Å². The summed E-state index contributed by atoms with van der Waals surface area (Å²) < 4.78 is 44.5. The molecule has 0 spiro atoms. The smallest absolute Gasteiger partial charge is 0.324 e. The predicted octanol–water partition coefficient (Wildman–Crippen LogP) is 2.84. The van der Waals surface area contributed by atoms with Crippen LogP contribution in [0.3, 0.4) is 0 Å². The maximum Gasteiger partial charge on any atom is 0.324 e. The normalized spacial score (nSPS) is 12.5. The SMILES string of the molecule is Cc1cc(C)c(C(=O)COC(=O)[C@H](C)NS(=O)(=O)c2ccc(F)cc2)cc1C. The van der Waals surface area contributed by atoms with Crippen molar-refractivity contribution < 1.29 is 27.1 Å². The molecule has 0 aromatic heterocycles. The lowest BCUT2D eigenvalue weighted by Gasteiger charge is -2.14. The number of esters is 1. The third-order valence-corrected chi connectivity index (χ3v) is 5.85. The molecular weight excluding hydrogens is 385 g/mol. The van der Waals surface area contributed by atoms with Crippen LogP contribution in [0.25, 0.3) is 0 Å². The van der Waals surface area contributed by atoms with E-state index in [-0.39, 0.29) is 10.7 Å². The van der Waals surface area contributed by atoms with Crippen LogP contribution < -0.4 is 4.72 Å². The highest BCUT2D eigenvalue weighted by atomic mass is 32.2. The summed E-state index contributed by atoms with van der Waals surface area (Å²) in [6.07, 6.45) is 0. The zero-order valence-corrected chi connectivity index (χ0v) is 16.9. The van der Waals surface area contributed by atoms with E-state index < -0.39 is 34.5 Å². The second-order valence-electron chi connectivity index (χ2n) is 6.58. The third kappa shape index (κ3) is 5.24. The van der Waals surface area contributed by atoms with Crippen molar-refractivity contribution in [2.24, 2.45) is 0 Å². The van der Waals surface area contributed by atoms with Crippen molar-refractivity contribution in [3.05, 3.63) is 64.5 Å². The van der Waals surface area contributed by atoms with Gasteiger partial charge in [0.15, 0.2) is 6.61 Å². The van der Waals surface area contributed by atoms with Crippen LogP contribution in [-0.2, 0) is 19.6 Å². The van der Waals surface area contributed by atoms with Crippen molar-refractivity contribution in [1.29, 1.82) is 0 Å². The van der Waals surface area contributed by atoms with Crippen molar-refractivity contribution in [2.75, 3.05) is 6.61 Å². The Hall–Kier alpha value is -2.58. The average molecular weight is 407 g/mol. The van der Waals surface area contributed by atoms with E-state index in [0.717, 1.165) is 41.0 Å². The van der Waals surface area contributed by atoms with E-state index in [9.17, 15) is 22.4 Å². The number of hydrogen-bond donors (Lipinski definition) is 1. The molecule has 0 fully saturated rings. The molecule has 0 unspecified atom stereocenters. The summed E-state index contributed by atoms with van der Waals surface area (Å²) in [7, 11) is -4.03. The molecule has 0 heterocycles. The molecule has 150 valence electrons. The number of benzene rings is 2. The molecular formula is C20H22FNO5S. The largest absolute Gasteiger partial charge is 0.456 e. The number of sulfonamides is 1. The number of halogens is 1. The summed E-state index contributed by atoms with van der Waals surface area (Å²) in [5.74, 6) is -1.84. The van der Waals surface area contributed by atoms with Gasteiger partial charge in [-0.05, 0) is 74.7 Å². The van der Waals surface area contributed by atoms with Crippen molar-refractivity contribution in [1.82, 2.24) is 4.72 Å². The van der Waals surface area contributed by atoms with Crippen LogP contribution >= 0.6 is 0 Å². The predicted molar refractivity (Wildman–Crippen MR) is 102 cm³/mol. The molecule has 0 saturated heterocycles. The molecule has 0 aliphatic rings. The second kappa shape index (κ2) is 8.62. The number of ether oxygens (including phenoxy) is 1. The number of carbonyl (C=O) groups is 2. The maximum atomic E-state index is 12.9. The van der Waals surface area contributed by atoms with Crippen LogP contribution in [0.15, 0.2) is 41.3 Å². The van der Waals surface area contributed by atoms with Crippen LogP contribution in [0.5, 0.6) is 0 Å². The van der Waals surface area contributed by atoms with Gasteiger partial charge in [0.25, 0.3) is 0 Å². The first-order valence-corrected chi connectivity index (χ1v) is 10.0. The second-order valence-corrected chi connectivity index (χ2v) is 8.29. The molecule has 2 rings (SSSR count). The van der Waals surface area contributed by atoms with Gasteiger partial charge in [-0.15, -0.1) is 0 Å². The van der Waals surface area contributed by atoms with Gasteiger partial charge < -0.3 is 4.74 Å². The summed E-state index contributed by atoms with van der Waals surface area (Å²) in [5.41, 5.74) is 3.22. The van der Waals surface area contributed by atoms with Gasteiger partial charge in [0.2, 0.25) is 15.8 Å². The van der Waals surface area contributed by atoms with Crippen LogP contribution in [0.2, 0.25) is 0 Å². The number of aryl methyl sites for hydroxylation is 3. The van der Waals surface area contributed by atoms with Crippen molar-refractivity contribution in [2.45, 2.75) is 38.6 Å². The summed E-state index contributed by atoms with van der Waals surface area (Å²) >= 11 is 0. The first-order chi connectivity index (χ1) is 13.0.